The summed E-state index contributed by atoms with van der Waals surface area (Å²) in [6, 6.07) is 10.8. The molecule has 5 heteroatoms. The van der Waals surface area contributed by atoms with Gasteiger partial charge in [0.1, 0.15) is 17.3 Å². The number of methoxy groups -OCH3 is 1. The lowest BCUT2D eigenvalue weighted by Gasteiger charge is -2.09. The summed E-state index contributed by atoms with van der Waals surface area (Å²) in [5.41, 5.74) is 2.35. The van der Waals surface area contributed by atoms with E-state index in [9.17, 15) is 5.11 Å². The molecule has 108 valence electrons. The molecule has 0 saturated heterocycles. The van der Waals surface area contributed by atoms with E-state index in [1.165, 1.54) is 0 Å². The second-order valence-electron chi connectivity index (χ2n) is 4.67. The predicted octanol–water partition coefficient (Wildman–Crippen LogP) is 4.09. The van der Waals surface area contributed by atoms with Gasteiger partial charge < -0.3 is 14.4 Å². The average molecular weight is 303 g/mol. The summed E-state index contributed by atoms with van der Waals surface area (Å²) in [5.74, 6) is 1.43. The Balaban J connectivity index is 2.27. The molecule has 2 aromatic carbocycles. The van der Waals surface area contributed by atoms with E-state index in [-0.39, 0.29) is 5.75 Å². The van der Waals surface area contributed by atoms with Gasteiger partial charge in [0.05, 0.1) is 28.7 Å². The van der Waals surface area contributed by atoms with Crippen molar-refractivity contribution < 1.29 is 9.84 Å². The summed E-state index contributed by atoms with van der Waals surface area (Å²) in [5, 5.41) is 10.9. The fraction of sp³-hybridized carbons (Fsp3) is 0.188. The Labute approximate surface area is 127 Å². The monoisotopic (exact) mass is 302 g/mol. The van der Waals surface area contributed by atoms with E-state index in [1.807, 2.05) is 29.7 Å². The van der Waals surface area contributed by atoms with Gasteiger partial charge in [0.15, 0.2) is 0 Å². The van der Waals surface area contributed by atoms with Crippen molar-refractivity contribution in [2.75, 3.05) is 7.11 Å². The van der Waals surface area contributed by atoms with Gasteiger partial charge in [0, 0.05) is 12.6 Å². The summed E-state index contributed by atoms with van der Waals surface area (Å²) in [6.07, 6.45) is 0. The highest BCUT2D eigenvalue weighted by Crippen LogP contribution is 2.35. The summed E-state index contributed by atoms with van der Waals surface area (Å²) >= 11 is 6.29. The first-order chi connectivity index (χ1) is 10.2. The van der Waals surface area contributed by atoms with E-state index in [1.54, 1.807) is 25.3 Å². The van der Waals surface area contributed by atoms with Crippen LogP contribution in [0.2, 0.25) is 5.02 Å². The molecule has 3 rings (SSSR count). The molecule has 21 heavy (non-hydrogen) atoms. The number of fused-ring (bicyclic) bond motifs is 1. The van der Waals surface area contributed by atoms with E-state index in [4.69, 9.17) is 16.3 Å². The lowest BCUT2D eigenvalue weighted by atomic mass is 10.2. The van der Waals surface area contributed by atoms with Gasteiger partial charge >= 0.3 is 0 Å². The molecule has 0 aliphatic heterocycles. The van der Waals surface area contributed by atoms with Crippen LogP contribution in [0.4, 0.5) is 0 Å². The fourth-order valence-electron chi connectivity index (χ4n) is 2.48. The van der Waals surface area contributed by atoms with E-state index in [0.29, 0.717) is 28.7 Å². The molecule has 3 aromatic rings. The quantitative estimate of drug-likeness (QED) is 0.792. The Morgan fingerprint density at radius 2 is 2.10 bits per heavy atom. The molecule has 1 N–H and O–H groups in total. The maximum absolute atomic E-state index is 10.2. The third kappa shape index (κ3) is 2.21. The second-order valence-corrected chi connectivity index (χ2v) is 5.08. The normalized spacial score (nSPS) is 11.0. The van der Waals surface area contributed by atoms with Crippen molar-refractivity contribution in [2.45, 2.75) is 13.5 Å². The minimum Gasteiger partial charge on any atom is -0.507 e. The molecule has 0 aliphatic rings. The maximum atomic E-state index is 10.2. The number of aryl methyl sites for hydroxylation is 1. The minimum absolute atomic E-state index is 0.135. The van der Waals surface area contributed by atoms with Gasteiger partial charge in [-0.1, -0.05) is 17.7 Å². The zero-order valence-electron chi connectivity index (χ0n) is 11.8. The second kappa shape index (κ2) is 5.30. The van der Waals surface area contributed by atoms with Crippen molar-refractivity contribution in [3.63, 3.8) is 0 Å². The van der Waals surface area contributed by atoms with Gasteiger partial charge in [-0.3, -0.25) is 0 Å². The topological polar surface area (TPSA) is 47.3 Å². The van der Waals surface area contributed by atoms with E-state index in [0.717, 1.165) is 11.0 Å². The zero-order chi connectivity index (χ0) is 15.0. The Hall–Kier alpha value is -2.20. The molecular formula is C16H15ClN2O2. The number of ether oxygens (including phenoxy) is 1. The number of para-hydroxylation sites is 1. The van der Waals surface area contributed by atoms with Gasteiger partial charge in [0.2, 0.25) is 0 Å². The minimum atomic E-state index is 0.135. The largest absolute Gasteiger partial charge is 0.507 e. The molecule has 0 bridgehead atoms. The van der Waals surface area contributed by atoms with Gasteiger partial charge in [-0.2, -0.15) is 0 Å². The highest BCUT2D eigenvalue weighted by atomic mass is 35.5. The molecule has 0 saturated carbocycles. The highest BCUT2D eigenvalue weighted by molar-refractivity contribution is 6.35. The van der Waals surface area contributed by atoms with Crippen LogP contribution in [0.25, 0.3) is 22.4 Å². The maximum Gasteiger partial charge on any atom is 0.144 e. The first-order valence-corrected chi connectivity index (χ1v) is 7.05. The van der Waals surface area contributed by atoms with Gasteiger partial charge in [-0.25, -0.2) is 4.98 Å². The molecule has 1 aromatic heterocycles. The highest BCUT2D eigenvalue weighted by Gasteiger charge is 2.16. The number of imidazole rings is 1. The molecule has 4 nitrogen and oxygen atoms in total. The Morgan fingerprint density at radius 1 is 1.29 bits per heavy atom. The van der Waals surface area contributed by atoms with Gasteiger partial charge in [0.25, 0.3) is 0 Å². The molecule has 1 heterocycles. The molecule has 0 spiro atoms. The van der Waals surface area contributed by atoms with Crippen LogP contribution >= 0.6 is 11.6 Å². The number of rotatable bonds is 3. The van der Waals surface area contributed by atoms with Crippen molar-refractivity contribution >= 4 is 22.6 Å². The van der Waals surface area contributed by atoms with Crippen LogP contribution in [-0.4, -0.2) is 21.8 Å². The van der Waals surface area contributed by atoms with Crippen LogP contribution in [0.3, 0.4) is 0 Å². The van der Waals surface area contributed by atoms with Crippen molar-refractivity contribution in [1.82, 2.24) is 9.55 Å². The molecule has 0 fully saturated rings. The van der Waals surface area contributed by atoms with Crippen molar-refractivity contribution in [3.8, 4) is 22.9 Å². The Bertz CT molecular complexity index is 811. The number of halogens is 1. The lowest BCUT2D eigenvalue weighted by molar-refractivity contribution is 0.408. The zero-order valence-corrected chi connectivity index (χ0v) is 12.6. The number of nitrogens with zero attached hydrogens (tertiary/aromatic N) is 2. The third-order valence-corrected chi connectivity index (χ3v) is 3.78. The van der Waals surface area contributed by atoms with Crippen molar-refractivity contribution in [2.24, 2.45) is 0 Å². The standard InChI is InChI=1S/C16H15ClN2O2/c1-3-19-15-12(17)5-4-6-13(15)18-16(19)11-8-7-10(21-2)9-14(11)20/h4-9,20H,3H2,1-2H3. The summed E-state index contributed by atoms with van der Waals surface area (Å²) in [4.78, 5) is 4.61. The molecule has 0 amide bonds. The number of aromatic hydroxyl groups is 1. The average Bonchev–Trinajstić information content (AvgIpc) is 2.86. The number of hydrogen-bond acceptors (Lipinski definition) is 3. The lowest BCUT2D eigenvalue weighted by Crippen LogP contribution is -1.98. The van der Waals surface area contributed by atoms with E-state index < -0.39 is 0 Å². The summed E-state index contributed by atoms with van der Waals surface area (Å²) in [6.45, 7) is 2.73. The third-order valence-electron chi connectivity index (χ3n) is 3.48. The van der Waals surface area contributed by atoms with Crippen molar-refractivity contribution in [3.05, 3.63) is 41.4 Å². The smallest absolute Gasteiger partial charge is 0.144 e. The number of aromatic nitrogens is 2. The summed E-state index contributed by atoms with van der Waals surface area (Å²) < 4.78 is 7.11. The van der Waals surface area contributed by atoms with E-state index in [2.05, 4.69) is 4.98 Å². The molecular weight excluding hydrogens is 288 g/mol. The molecule has 0 aliphatic carbocycles. The van der Waals surface area contributed by atoms with E-state index >= 15 is 0 Å². The molecule has 0 radical (unpaired) electrons. The number of phenols is 1. The van der Waals surface area contributed by atoms with Crippen LogP contribution in [0.1, 0.15) is 6.92 Å². The number of hydrogen-bond donors (Lipinski definition) is 1. The molecule has 0 unspecified atom stereocenters. The van der Waals surface area contributed by atoms with Crippen LogP contribution in [-0.2, 0) is 6.54 Å². The molecule has 0 atom stereocenters. The number of benzene rings is 2. The first-order valence-electron chi connectivity index (χ1n) is 6.67. The SMILES string of the molecule is CCn1c(-c2ccc(OC)cc2O)nc2cccc(Cl)c21. The van der Waals surface area contributed by atoms with Crippen LogP contribution in [0, 0.1) is 0 Å². The van der Waals surface area contributed by atoms with Crippen molar-refractivity contribution in [1.29, 1.82) is 0 Å². The van der Waals surface area contributed by atoms with Gasteiger partial charge in [-0.15, -0.1) is 0 Å². The van der Waals surface area contributed by atoms with Crippen LogP contribution in [0.15, 0.2) is 36.4 Å². The Kier molecular flexibility index (Phi) is 3.47. The van der Waals surface area contributed by atoms with Gasteiger partial charge in [-0.05, 0) is 31.2 Å². The van der Waals surface area contributed by atoms with Crippen LogP contribution in [0.5, 0.6) is 11.5 Å². The Morgan fingerprint density at radius 3 is 2.76 bits per heavy atom. The first kappa shape index (κ1) is 13.8. The number of phenolic OH excluding ortho intramolecular Hbond substituents is 1. The summed E-state index contributed by atoms with van der Waals surface area (Å²) in [7, 11) is 1.56. The fourth-order valence-corrected chi connectivity index (χ4v) is 2.75. The predicted molar refractivity (Wildman–Crippen MR) is 84.1 cm³/mol. The van der Waals surface area contributed by atoms with Crippen LogP contribution < -0.4 is 4.74 Å².